The molecular formula is C34H51N3O4. The molecule has 2 aromatic carbocycles. The molecule has 0 aliphatic rings. The van der Waals surface area contributed by atoms with Crippen LogP contribution in [0, 0.1) is 5.92 Å². The average molecular weight is 566 g/mol. The highest BCUT2D eigenvalue weighted by molar-refractivity contribution is 5.92. The number of carbonyl (C=O) groups excluding carboxylic acids is 3. The van der Waals surface area contributed by atoms with Gasteiger partial charge in [0.25, 0.3) is 0 Å². The van der Waals surface area contributed by atoms with Gasteiger partial charge in [0.2, 0.25) is 11.8 Å². The minimum Gasteiger partial charge on any atom is -0.444 e. The van der Waals surface area contributed by atoms with Crippen LogP contribution in [0.2, 0.25) is 0 Å². The molecule has 3 amide bonds. The molecule has 0 saturated carbocycles. The lowest BCUT2D eigenvalue weighted by atomic mass is 9.95. The summed E-state index contributed by atoms with van der Waals surface area (Å²) in [5, 5.41) is 5.90. The SMILES string of the molecule is CCCCCCCCN(C(=O)C(NC(=O)OC(C)(C)C)C(C)CC)C(C(=O)NCc1ccccc1)c1ccccc1. The third kappa shape index (κ3) is 12.0. The third-order valence-electron chi connectivity index (χ3n) is 7.17. The highest BCUT2D eigenvalue weighted by Gasteiger charge is 2.37. The van der Waals surface area contributed by atoms with Crippen LogP contribution < -0.4 is 10.6 Å². The van der Waals surface area contributed by atoms with Gasteiger partial charge in [0.1, 0.15) is 17.7 Å². The van der Waals surface area contributed by atoms with Gasteiger partial charge < -0.3 is 20.3 Å². The maximum Gasteiger partial charge on any atom is 0.408 e. The first-order valence-corrected chi connectivity index (χ1v) is 15.2. The number of nitrogens with one attached hydrogen (secondary N) is 2. The van der Waals surface area contributed by atoms with Gasteiger partial charge in [-0.05, 0) is 44.2 Å². The monoisotopic (exact) mass is 565 g/mol. The first-order valence-electron chi connectivity index (χ1n) is 15.2. The number of hydrogen-bond acceptors (Lipinski definition) is 4. The molecule has 2 rings (SSSR count). The Balaban J connectivity index is 2.41. The van der Waals surface area contributed by atoms with Crippen molar-refractivity contribution in [2.75, 3.05) is 6.54 Å². The molecule has 3 atom stereocenters. The van der Waals surface area contributed by atoms with E-state index >= 15 is 0 Å². The molecular weight excluding hydrogens is 514 g/mol. The third-order valence-corrected chi connectivity index (χ3v) is 7.17. The predicted molar refractivity (Wildman–Crippen MR) is 165 cm³/mol. The van der Waals surface area contributed by atoms with E-state index in [2.05, 4.69) is 17.6 Å². The zero-order chi connectivity index (χ0) is 30.3. The first-order chi connectivity index (χ1) is 19.6. The van der Waals surface area contributed by atoms with Crippen molar-refractivity contribution in [3.05, 3.63) is 71.8 Å². The lowest BCUT2D eigenvalue weighted by Crippen LogP contribution is -2.55. The number of benzene rings is 2. The van der Waals surface area contributed by atoms with Crippen LogP contribution in [0.3, 0.4) is 0 Å². The zero-order valence-electron chi connectivity index (χ0n) is 25.9. The Hall–Kier alpha value is -3.35. The molecule has 0 radical (unpaired) electrons. The Bertz CT molecular complexity index is 1050. The van der Waals surface area contributed by atoms with E-state index in [4.69, 9.17) is 4.74 Å². The van der Waals surface area contributed by atoms with E-state index in [1.165, 1.54) is 6.42 Å². The number of hydrogen-bond donors (Lipinski definition) is 2. The molecule has 2 N–H and O–H groups in total. The van der Waals surface area contributed by atoms with Crippen molar-refractivity contribution in [2.45, 2.75) is 111 Å². The maximum absolute atomic E-state index is 14.4. The van der Waals surface area contributed by atoms with E-state index in [1.807, 2.05) is 74.5 Å². The van der Waals surface area contributed by atoms with Crippen LogP contribution in [-0.2, 0) is 20.9 Å². The molecule has 0 bridgehead atoms. The van der Waals surface area contributed by atoms with Crippen molar-refractivity contribution in [1.82, 2.24) is 15.5 Å². The average Bonchev–Trinajstić information content (AvgIpc) is 2.95. The topological polar surface area (TPSA) is 87.7 Å². The predicted octanol–water partition coefficient (Wildman–Crippen LogP) is 7.17. The van der Waals surface area contributed by atoms with E-state index in [1.54, 1.807) is 25.7 Å². The number of rotatable bonds is 16. The van der Waals surface area contributed by atoms with E-state index in [9.17, 15) is 14.4 Å². The van der Waals surface area contributed by atoms with Crippen molar-refractivity contribution in [1.29, 1.82) is 0 Å². The molecule has 0 spiro atoms. The van der Waals surface area contributed by atoms with Crippen molar-refractivity contribution < 1.29 is 19.1 Å². The van der Waals surface area contributed by atoms with Crippen molar-refractivity contribution in [3.63, 3.8) is 0 Å². The van der Waals surface area contributed by atoms with Gasteiger partial charge in [-0.3, -0.25) is 9.59 Å². The van der Waals surface area contributed by atoms with Gasteiger partial charge in [0.05, 0.1) is 0 Å². The van der Waals surface area contributed by atoms with Crippen molar-refractivity contribution in [3.8, 4) is 0 Å². The second-order valence-corrected chi connectivity index (χ2v) is 11.8. The van der Waals surface area contributed by atoms with E-state index < -0.39 is 23.8 Å². The Kier molecular flexibility index (Phi) is 14.4. The molecule has 0 heterocycles. The summed E-state index contributed by atoms with van der Waals surface area (Å²) in [6.45, 7) is 12.3. The lowest BCUT2D eigenvalue weighted by molar-refractivity contribution is -0.143. The van der Waals surface area contributed by atoms with Crippen LogP contribution in [0.5, 0.6) is 0 Å². The minimum atomic E-state index is -0.838. The van der Waals surface area contributed by atoms with E-state index in [0.29, 0.717) is 19.5 Å². The largest absolute Gasteiger partial charge is 0.444 e. The quantitative estimate of drug-likeness (QED) is 0.211. The molecule has 41 heavy (non-hydrogen) atoms. The van der Waals surface area contributed by atoms with Crippen LogP contribution in [-0.4, -0.2) is 41.0 Å². The fourth-order valence-electron chi connectivity index (χ4n) is 4.72. The molecule has 3 unspecified atom stereocenters. The minimum absolute atomic E-state index is 0.161. The van der Waals surface area contributed by atoms with Crippen LogP contribution in [0.25, 0.3) is 0 Å². The summed E-state index contributed by atoms with van der Waals surface area (Å²) in [5.74, 6) is -0.687. The summed E-state index contributed by atoms with van der Waals surface area (Å²) < 4.78 is 5.51. The van der Waals surface area contributed by atoms with Crippen LogP contribution in [0.15, 0.2) is 60.7 Å². The normalized spacial score (nSPS) is 13.5. The second-order valence-electron chi connectivity index (χ2n) is 11.8. The van der Waals surface area contributed by atoms with Crippen molar-refractivity contribution >= 4 is 17.9 Å². The summed E-state index contributed by atoms with van der Waals surface area (Å²) in [6, 6.07) is 17.5. The number of carbonyl (C=O) groups is 3. The van der Waals surface area contributed by atoms with Gasteiger partial charge >= 0.3 is 6.09 Å². The number of unbranched alkanes of at least 4 members (excludes halogenated alkanes) is 5. The summed E-state index contributed by atoms with van der Waals surface area (Å²) >= 11 is 0. The fraction of sp³-hybridized carbons (Fsp3) is 0.559. The van der Waals surface area contributed by atoms with E-state index in [-0.39, 0.29) is 17.7 Å². The molecule has 0 aliphatic carbocycles. The molecule has 2 aromatic rings. The maximum atomic E-state index is 14.4. The van der Waals surface area contributed by atoms with Gasteiger partial charge in [-0.1, -0.05) is 120 Å². The van der Waals surface area contributed by atoms with Crippen molar-refractivity contribution in [2.24, 2.45) is 5.92 Å². The smallest absolute Gasteiger partial charge is 0.408 e. The number of nitrogens with zero attached hydrogens (tertiary/aromatic N) is 1. The Morgan fingerprint density at radius 2 is 1.44 bits per heavy atom. The standard InChI is InChI=1S/C34H51N3O4/c1-7-9-10-11-12-19-24-37(32(39)29(26(3)8-2)36-33(40)41-34(4,5)6)30(28-22-17-14-18-23-28)31(38)35-25-27-20-15-13-16-21-27/h13-18,20-23,26,29-30H,7-12,19,24-25H2,1-6H3,(H,35,38)(H,36,40). The van der Waals surface area contributed by atoms with Gasteiger partial charge in [-0.15, -0.1) is 0 Å². The highest BCUT2D eigenvalue weighted by Crippen LogP contribution is 2.26. The summed E-state index contributed by atoms with van der Waals surface area (Å²) in [6.07, 6.45) is 6.35. The second kappa shape index (κ2) is 17.5. The van der Waals surface area contributed by atoms with Gasteiger partial charge in [0, 0.05) is 13.1 Å². The Morgan fingerprint density at radius 1 is 0.854 bits per heavy atom. The molecule has 0 aliphatic heterocycles. The summed E-state index contributed by atoms with van der Waals surface area (Å²) in [7, 11) is 0. The molecule has 226 valence electrons. The van der Waals surface area contributed by atoms with Gasteiger partial charge in [-0.2, -0.15) is 0 Å². The zero-order valence-corrected chi connectivity index (χ0v) is 25.9. The van der Waals surface area contributed by atoms with E-state index in [0.717, 1.165) is 43.2 Å². The number of amides is 3. The molecule has 7 nitrogen and oxygen atoms in total. The lowest BCUT2D eigenvalue weighted by Gasteiger charge is -2.36. The summed E-state index contributed by atoms with van der Waals surface area (Å²) in [4.78, 5) is 42.8. The fourth-order valence-corrected chi connectivity index (χ4v) is 4.72. The Labute approximate surface area is 247 Å². The molecule has 0 saturated heterocycles. The highest BCUT2D eigenvalue weighted by atomic mass is 16.6. The summed E-state index contributed by atoms with van der Waals surface area (Å²) in [5.41, 5.74) is 1.01. The number of ether oxygens (including phenoxy) is 1. The molecule has 0 aromatic heterocycles. The van der Waals surface area contributed by atoms with Crippen LogP contribution in [0.4, 0.5) is 4.79 Å². The van der Waals surface area contributed by atoms with Crippen LogP contribution >= 0.6 is 0 Å². The van der Waals surface area contributed by atoms with Crippen LogP contribution in [0.1, 0.15) is 104 Å². The molecule has 7 heteroatoms. The number of alkyl carbamates (subject to hydrolysis) is 1. The van der Waals surface area contributed by atoms with Gasteiger partial charge in [0.15, 0.2) is 0 Å². The Morgan fingerprint density at radius 3 is 2.02 bits per heavy atom. The van der Waals surface area contributed by atoms with Gasteiger partial charge in [-0.25, -0.2) is 4.79 Å². The molecule has 0 fully saturated rings. The first kappa shape index (κ1) is 33.9.